The highest BCUT2D eigenvalue weighted by atomic mass is 16.5. The minimum absolute atomic E-state index is 0.0258. The molecule has 3 rings (SSSR count). The van der Waals surface area contributed by atoms with Crippen molar-refractivity contribution in [3.8, 4) is 17.6 Å². The molecular weight excluding hydrogens is 402 g/mol. The summed E-state index contributed by atoms with van der Waals surface area (Å²) in [4.78, 5) is 26.8. The summed E-state index contributed by atoms with van der Waals surface area (Å²) in [5.41, 5.74) is 6.37. The standard InChI is InChI=1S/C22H19N3O6/c1-30-21(28)18-17(12-6-4-3-5-7-12)16(11-23)20(24)25(19(18)22(29)31-2)13-8-14(26)10-15(27)9-13/h3-10,17,26-27H,24H2,1-2H3. The Balaban J connectivity index is 2.43. The van der Waals surface area contributed by atoms with E-state index in [1.807, 2.05) is 6.07 Å². The fraction of sp³-hybridized carbons (Fsp3) is 0.136. The largest absolute Gasteiger partial charge is 0.508 e. The zero-order valence-corrected chi connectivity index (χ0v) is 16.7. The Hall–Kier alpha value is -4.45. The number of benzene rings is 2. The van der Waals surface area contributed by atoms with Crippen molar-refractivity contribution >= 4 is 17.6 Å². The summed E-state index contributed by atoms with van der Waals surface area (Å²) in [6.45, 7) is 0. The number of nitrogens with zero attached hydrogens (tertiary/aromatic N) is 2. The lowest BCUT2D eigenvalue weighted by molar-refractivity contribution is -0.139. The van der Waals surface area contributed by atoms with Crippen molar-refractivity contribution in [2.75, 3.05) is 19.1 Å². The van der Waals surface area contributed by atoms with Crippen molar-refractivity contribution in [1.29, 1.82) is 5.26 Å². The third kappa shape index (κ3) is 3.74. The molecule has 9 heteroatoms. The van der Waals surface area contributed by atoms with Crippen LogP contribution in [-0.4, -0.2) is 36.4 Å². The highest BCUT2D eigenvalue weighted by Gasteiger charge is 2.43. The number of hydrogen-bond acceptors (Lipinski definition) is 9. The number of methoxy groups -OCH3 is 2. The number of nitriles is 1. The van der Waals surface area contributed by atoms with Gasteiger partial charge in [0.1, 0.15) is 23.0 Å². The maximum atomic E-state index is 12.9. The molecule has 0 bridgehead atoms. The number of anilines is 1. The predicted octanol–water partition coefficient (Wildman–Crippen LogP) is 2.00. The van der Waals surface area contributed by atoms with Gasteiger partial charge >= 0.3 is 11.9 Å². The first-order chi connectivity index (χ1) is 14.8. The Morgan fingerprint density at radius 1 is 1.03 bits per heavy atom. The number of phenolic OH excluding ortho intramolecular Hbond substituents is 2. The Bertz CT molecular complexity index is 1130. The number of allylic oxidation sites excluding steroid dienone is 1. The van der Waals surface area contributed by atoms with Gasteiger partial charge in [-0.2, -0.15) is 5.26 Å². The number of nitrogens with two attached hydrogens (primary N) is 1. The summed E-state index contributed by atoms with van der Waals surface area (Å²) in [6.07, 6.45) is 0. The second-order valence-electron chi connectivity index (χ2n) is 6.54. The van der Waals surface area contributed by atoms with Crippen molar-refractivity contribution in [1.82, 2.24) is 0 Å². The minimum Gasteiger partial charge on any atom is -0.508 e. The van der Waals surface area contributed by atoms with Crippen molar-refractivity contribution in [2.24, 2.45) is 5.73 Å². The van der Waals surface area contributed by atoms with Gasteiger partial charge in [0.25, 0.3) is 0 Å². The zero-order chi connectivity index (χ0) is 22.7. The zero-order valence-electron chi connectivity index (χ0n) is 16.7. The molecule has 0 radical (unpaired) electrons. The molecule has 0 aromatic heterocycles. The molecule has 4 N–H and O–H groups in total. The van der Waals surface area contributed by atoms with Crippen LogP contribution >= 0.6 is 0 Å². The molecule has 1 heterocycles. The van der Waals surface area contributed by atoms with Crippen LogP contribution in [0, 0.1) is 11.3 Å². The van der Waals surface area contributed by atoms with E-state index in [2.05, 4.69) is 0 Å². The lowest BCUT2D eigenvalue weighted by atomic mass is 9.81. The van der Waals surface area contributed by atoms with E-state index in [-0.39, 0.29) is 39.9 Å². The molecule has 0 saturated heterocycles. The molecule has 31 heavy (non-hydrogen) atoms. The quantitative estimate of drug-likeness (QED) is 0.631. The Labute approximate surface area is 177 Å². The molecule has 1 atom stereocenters. The van der Waals surface area contributed by atoms with Crippen LogP contribution in [0.25, 0.3) is 0 Å². The summed E-state index contributed by atoms with van der Waals surface area (Å²) in [6, 6.07) is 14.1. The molecule has 0 fully saturated rings. The molecule has 1 aliphatic rings. The molecule has 0 aliphatic carbocycles. The average molecular weight is 421 g/mol. The van der Waals surface area contributed by atoms with Gasteiger partial charge in [0.05, 0.1) is 43.0 Å². The SMILES string of the molecule is COC(=O)C1=C(C(=O)OC)N(c2cc(O)cc(O)c2)C(N)=C(C#N)C1c1ccccc1. The van der Waals surface area contributed by atoms with Crippen molar-refractivity contribution in [3.63, 3.8) is 0 Å². The molecule has 2 aromatic rings. The normalized spacial score (nSPS) is 16.0. The van der Waals surface area contributed by atoms with E-state index in [1.54, 1.807) is 30.3 Å². The Kier molecular flexibility index (Phi) is 5.83. The monoisotopic (exact) mass is 421 g/mol. The second-order valence-corrected chi connectivity index (χ2v) is 6.54. The van der Waals surface area contributed by atoms with Crippen LogP contribution in [0.1, 0.15) is 11.5 Å². The van der Waals surface area contributed by atoms with Gasteiger partial charge in [-0.25, -0.2) is 9.59 Å². The van der Waals surface area contributed by atoms with Crippen LogP contribution < -0.4 is 10.6 Å². The number of esters is 2. The molecule has 0 saturated carbocycles. The lowest BCUT2D eigenvalue weighted by Crippen LogP contribution is -2.40. The van der Waals surface area contributed by atoms with E-state index in [0.717, 1.165) is 25.2 Å². The van der Waals surface area contributed by atoms with Gasteiger partial charge in [-0.1, -0.05) is 30.3 Å². The molecule has 2 aromatic carbocycles. The Morgan fingerprint density at radius 2 is 1.61 bits per heavy atom. The lowest BCUT2D eigenvalue weighted by Gasteiger charge is -2.35. The number of hydrogen-bond donors (Lipinski definition) is 3. The van der Waals surface area contributed by atoms with E-state index in [4.69, 9.17) is 15.2 Å². The second kappa shape index (κ2) is 8.51. The van der Waals surface area contributed by atoms with E-state index in [0.29, 0.717) is 5.56 Å². The van der Waals surface area contributed by atoms with Crippen molar-refractivity contribution in [2.45, 2.75) is 5.92 Å². The first kappa shape index (κ1) is 21.3. The van der Waals surface area contributed by atoms with Crippen LogP contribution in [0.2, 0.25) is 0 Å². The third-order valence-corrected chi connectivity index (χ3v) is 4.76. The average Bonchev–Trinajstić information content (AvgIpc) is 2.76. The fourth-order valence-electron chi connectivity index (χ4n) is 3.49. The topological polar surface area (TPSA) is 146 Å². The van der Waals surface area contributed by atoms with Gasteiger partial charge < -0.3 is 25.4 Å². The summed E-state index contributed by atoms with van der Waals surface area (Å²) in [5, 5.41) is 29.8. The number of aromatic hydroxyl groups is 2. The minimum atomic E-state index is -1.00. The fourth-order valence-corrected chi connectivity index (χ4v) is 3.49. The van der Waals surface area contributed by atoms with E-state index in [1.165, 1.54) is 12.1 Å². The summed E-state index contributed by atoms with van der Waals surface area (Å²) in [7, 11) is 2.27. The number of ether oxygens (including phenoxy) is 2. The number of carbonyl (C=O) groups is 2. The Morgan fingerprint density at radius 3 is 2.13 bits per heavy atom. The van der Waals surface area contributed by atoms with Crippen LogP contribution in [0.15, 0.2) is 71.2 Å². The van der Waals surface area contributed by atoms with Gasteiger partial charge in [-0.15, -0.1) is 0 Å². The molecule has 0 spiro atoms. The first-order valence-electron chi connectivity index (χ1n) is 9.02. The third-order valence-electron chi connectivity index (χ3n) is 4.76. The van der Waals surface area contributed by atoms with Gasteiger partial charge in [0, 0.05) is 18.2 Å². The summed E-state index contributed by atoms with van der Waals surface area (Å²) >= 11 is 0. The first-order valence-corrected chi connectivity index (χ1v) is 9.02. The van der Waals surface area contributed by atoms with Crippen LogP contribution in [0.4, 0.5) is 5.69 Å². The molecule has 0 amide bonds. The van der Waals surface area contributed by atoms with Crippen LogP contribution in [0.3, 0.4) is 0 Å². The van der Waals surface area contributed by atoms with Crippen molar-refractivity contribution in [3.05, 3.63) is 76.8 Å². The van der Waals surface area contributed by atoms with E-state index in [9.17, 15) is 25.1 Å². The number of rotatable bonds is 4. The number of phenols is 2. The van der Waals surface area contributed by atoms with E-state index >= 15 is 0 Å². The summed E-state index contributed by atoms with van der Waals surface area (Å²) < 4.78 is 9.82. The predicted molar refractivity (Wildman–Crippen MR) is 109 cm³/mol. The van der Waals surface area contributed by atoms with Crippen LogP contribution in [0.5, 0.6) is 11.5 Å². The van der Waals surface area contributed by atoms with Gasteiger partial charge in [0.15, 0.2) is 0 Å². The highest BCUT2D eigenvalue weighted by Crippen LogP contribution is 2.44. The maximum Gasteiger partial charge on any atom is 0.355 e. The number of carbonyl (C=O) groups excluding carboxylic acids is 2. The van der Waals surface area contributed by atoms with Gasteiger partial charge in [-0.05, 0) is 5.56 Å². The van der Waals surface area contributed by atoms with Crippen molar-refractivity contribution < 1.29 is 29.3 Å². The smallest absolute Gasteiger partial charge is 0.355 e. The molecule has 1 unspecified atom stereocenters. The molecular formula is C22H19N3O6. The molecule has 1 aliphatic heterocycles. The highest BCUT2D eigenvalue weighted by molar-refractivity contribution is 6.06. The van der Waals surface area contributed by atoms with Gasteiger partial charge in [-0.3, -0.25) is 4.90 Å². The maximum absolute atomic E-state index is 12.9. The molecule has 158 valence electrons. The van der Waals surface area contributed by atoms with Gasteiger partial charge in [0.2, 0.25) is 0 Å². The van der Waals surface area contributed by atoms with Crippen LogP contribution in [-0.2, 0) is 19.1 Å². The van der Waals surface area contributed by atoms with E-state index < -0.39 is 17.9 Å². The summed E-state index contributed by atoms with van der Waals surface area (Å²) in [5.74, 6) is -3.62. The molecule has 9 nitrogen and oxygen atoms in total.